The number of carbonyl (C=O) groups excluding carboxylic acids is 1. The van der Waals surface area contributed by atoms with Gasteiger partial charge in [0, 0.05) is 16.3 Å². The molecule has 0 aliphatic rings. The second kappa shape index (κ2) is 7.75. The van der Waals surface area contributed by atoms with Crippen LogP contribution in [0.1, 0.15) is 44.2 Å². The zero-order valence-electron chi connectivity index (χ0n) is 14.6. The van der Waals surface area contributed by atoms with Crippen LogP contribution in [0.25, 0.3) is 0 Å². The molecular formula is C19H26N2OS. The van der Waals surface area contributed by atoms with Gasteiger partial charge in [0.15, 0.2) is 0 Å². The molecule has 1 atom stereocenters. The molecule has 23 heavy (non-hydrogen) atoms. The lowest BCUT2D eigenvalue weighted by Gasteiger charge is -2.25. The van der Waals surface area contributed by atoms with Crippen LogP contribution in [0.3, 0.4) is 0 Å². The molecule has 0 unspecified atom stereocenters. The Labute approximate surface area is 143 Å². The second-order valence-electron chi connectivity index (χ2n) is 6.11. The fraction of sp³-hybridized carbons (Fsp3) is 0.421. The molecule has 1 N–H and O–H groups in total. The molecule has 1 heterocycles. The number of amides is 1. The van der Waals surface area contributed by atoms with E-state index in [0.717, 1.165) is 16.9 Å². The Morgan fingerprint density at radius 2 is 1.87 bits per heavy atom. The summed E-state index contributed by atoms with van der Waals surface area (Å²) in [5, 5.41) is 3.09. The number of hydrogen-bond acceptors (Lipinski definition) is 3. The Morgan fingerprint density at radius 1 is 1.22 bits per heavy atom. The molecule has 1 amide bonds. The van der Waals surface area contributed by atoms with Crippen molar-refractivity contribution in [2.24, 2.45) is 0 Å². The van der Waals surface area contributed by atoms with Crippen molar-refractivity contribution in [1.82, 2.24) is 10.2 Å². The zero-order chi connectivity index (χ0) is 17.0. The average Bonchev–Trinajstić information content (AvgIpc) is 2.86. The van der Waals surface area contributed by atoms with Crippen molar-refractivity contribution in [1.29, 1.82) is 0 Å². The molecular weight excluding hydrogens is 304 g/mol. The highest BCUT2D eigenvalue weighted by Crippen LogP contribution is 2.22. The summed E-state index contributed by atoms with van der Waals surface area (Å²) in [5.41, 5.74) is 3.36. The van der Waals surface area contributed by atoms with Crippen molar-refractivity contribution in [3.05, 3.63) is 56.8 Å². The first-order chi connectivity index (χ1) is 10.9. The van der Waals surface area contributed by atoms with Crippen LogP contribution < -0.4 is 5.32 Å². The summed E-state index contributed by atoms with van der Waals surface area (Å²) < 4.78 is 0. The van der Waals surface area contributed by atoms with Crippen molar-refractivity contribution < 1.29 is 4.79 Å². The Kier molecular flexibility index (Phi) is 5.97. The lowest BCUT2D eigenvalue weighted by atomic mass is 10.0. The first kappa shape index (κ1) is 17.7. The molecule has 4 heteroatoms. The molecule has 1 aromatic carbocycles. The Bertz CT molecular complexity index is 659. The van der Waals surface area contributed by atoms with Crippen LogP contribution >= 0.6 is 11.3 Å². The number of nitrogens with zero attached hydrogens (tertiary/aromatic N) is 1. The van der Waals surface area contributed by atoms with Gasteiger partial charge in [-0.25, -0.2) is 0 Å². The van der Waals surface area contributed by atoms with Gasteiger partial charge in [0.25, 0.3) is 5.91 Å². The third-order valence-electron chi connectivity index (χ3n) is 4.14. The normalized spacial score (nSPS) is 12.4. The van der Waals surface area contributed by atoms with Gasteiger partial charge in [0.05, 0.1) is 11.6 Å². The minimum absolute atomic E-state index is 0.0175. The lowest BCUT2D eigenvalue weighted by Crippen LogP contribution is -2.34. The largest absolute Gasteiger partial charge is 0.350 e. The lowest BCUT2D eigenvalue weighted by molar-refractivity contribution is 0.0942. The van der Waals surface area contributed by atoms with Gasteiger partial charge in [-0.1, -0.05) is 31.2 Å². The van der Waals surface area contributed by atoms with Crippen LogP contribution in [0.2, 0.25) is 0 Å². The number of nitrogens with one attached hydrogen (secondary N) is 1. The van der Waals surface area contributed by atoms with E-state index in [1.807, 2.05) is 34.0 Å². The molecule has 1 aromatic heterocycles. The molecule has 0 fully saturated rings. The SMILES string of the molecule is CCc1ccc([C@H](CNC(=O)c2cc(C)sc2C)N(C)C)cc1. The maximum atomic E-state index is 12.4. The molecule has 0 aliphatic heterocycles. The van der Waals surface area contributed by atoms with Crippen LogP contribution in [0, 0.1) is 13.8 Å². The van der Waals surface area contributed by atoms with E-state index in [4.69, 9.17) is 0 Å². The molecule has 124 valence electrons. The summed E-state index contributed by atoms with van der Waals surface area (Å²) in [6.45, 7) is 6.79. The van der Waals surface area contributed by atoms with Gasteiger partial charge in [-0.05, 0) is 51.6 Å². The van der Waals surface area contributed by atoms with Gasteiger partial charge >= 0.3 is 0 Å². The number of aryl methyl sites for hydroxylation is 3. The topological polar surface area (TPSA) is 32.3 Å². The highest BCUT2D eigenvalue weighted by molar-refractivity contribution is 7.12. The van der Waals surface area contributed by atoms with Crippen molar-refractivity contribution >= 4 is 17.2 Å². The third kappa shape index (κ3) is 4.43. The molecule has 0 saturated carbocycles. The number of rotatable bonds is 6. The quantitative estimate of drug-likeness (QED) is 0.869. The first-order valence-electron chi connectivity index (χ1n) is 8.02. The van der Waals surface area contributed by atoms with Crippen molar-refractivity contribution in [3.8, 4) is 0 Å². The van der Waals surface area contributed by atoms with E-state index in [0.29, 0.717) is 6.54 Å². The number of thiophene rings is 1. The molecule has 0 saturated heterocycles. The highest BCUT2D eigenvalue weighted by Gasteiger charge is 2.17. The van der Waals surface area contributed by atoms with Crippen LogP contribution in [-0.4, -0.2) is 31.4 Å². The number of likely N-dealkylation sites (N-methyl/N-ethyl adjacent to an activating group) is 1. The minimum Gasteiger partial charge on any atom is -0.350 e. The molecule has 0 radical (unpaired) electrons. The molecule has 2 aromatic rings. The zero-order valence-corrected chi connectivity index (χ0v) is 15.5. The summed E-state index contributed by atoms with van der Waals surface area (Å²) in [5.74, 6) is 0.0175. The third-order valence-corrected chi connectivity index (χ3v) is 5.10. The smallest absolute Gasteiger partial charge is 0.252 e. The number of hydrogen-bond donors (Lipinski definition) is 1. The van der Waals surface area contributed by atoms with E-state index in [1.54, 1.807) is 11.3 Å². The van der Waals surface area contributed by atoms with E-state index in [2.05, 4.69) is 41.4 Å². The van der Waals surface area contributed by atoms with Gasteiger partial charge in [-0.3, -0.25) is 4.79 Å². The van der Waals surface area contributed by atoms with E-state index < -0.39 is 0 Å². The van der Waals surface area contributed by atoms with E-state index in [1.165, 1.54) is 16.0 Å². The number of carbonyl (C=O) groups is 1. The van der Waals surface area contributed by atoms with E-state index in [-0.39, 0.29) is 11.9 Å². The predicted octanol–water partition coefficient (Wildman–Crippen LogP) is 3.96. The van der Waals surface area contributed by atoms with Crippen LogP contribution in [0.4, 0.5) is 0 Å². The van der Waals surface area contributed by atoms with Gasteiger partial charge < -0.3 is 10.2 Å². The predicted molar refractivity (Wildman–Crippen MR) is 98.4 cm³/mol. The highest BCUT2D eigenvalue weighted by atomic mass is 32.1. The first-order valence-corrected chi connectivity index (χ1v) is 8.84. The fourth-order valence-electron chi connectivity index (χ4n) is 2.71. The van der Waals surface area contributed by atoms with Crippen LogP contribution in [0.15, 0.2) is 30.3 Å². The standard InChI is InChI=1S/C19H26N2OS/c1-6-15-7-9-16(10-8-15)18(21(4)5)12-20-19(22)17-11-13(2)23-14(17)3/h7-11,18H,6,12H2,1-5H3,(H,20,22)/t18-/m0/s1. The molecule has 0 spiro atoms. The molecule has 3 nitrogen and oxygen atoms in total. The summed E-state index contributed by atoms with van der Waals surface area (Å²) in [6.07, 6.45) is 1.04. The summed E-state index contributed by atoms with van der Waals surface area (Å²) in [7, 11) is 4.09. The minimum atomic E-state index is 0.0175. The maximum absolute atomic E-state index is 12.4. The van der Waals surface area contributed by atoms with E-state index >= 15 is 0 Å². The van der Waals surface area contributed by atoms with Gasteiger partial charge in [-0.15, -0.1) is 11.3 Å². The van der Waals surface area contributed by atoms with Crippen LogP contribution in [-0.2, 0) is 6.42 Å². The van der Waals surface area contributed by atoms with E-state index in [9.17, 15) is 4.79 Å². The maximum Gasteiger partial charge on any atom is 0.252 e. The van der Waals surface area contributed by atoms with Gasteiger partial charge in [0.2, 0.25) is 0 Å². The van der Waals surface area contributed by atoms with Crippen molar-refractivity contribution in [3.63, 3.8) is 0 Å². The van der Waals surface area contributed by atoms with Crippen LogP contribution in [0.5, 0.6) is 0 Å². The molecule has 0 bridgehead atoms. The molecule has 2 rings (SSSR count). The monoisotopic (exact) mass is 330 g/mol. The second-order valence-corrected chi connectivity index (χ2v) is 7.57. The Morgan fingerprint density at radius 3 is 2.35 bits per heavy atom. The van der Waals surface area contributed by atoms with Gasteiger partial charge in [-0.2, -0.15) is 0 Å². The Hall–Kier alpha value is -1.65. The summed E-state index contributed by atoms with van der Waals surface area (Å²) in [6, 6.07) is 10.8. The molecule has 0 aliphatic carbocycles. The average molecular weight is 330 g/mol. The Balaban J connectivity index is 2.07. The fourth-order valence-corrected chi connectivity index (χ4v) is 3.64. The van der Waals surface area contributed by atoms with Crippen molar-refractivity contribution in [2.45, 2.75) is 33.2 Å². The summed E-state index contributed by atoms with van der Waals surface area (Å²) in [4.78, 5) is 16.8. The van der Waals surface area contributed by atoms with Gasteiger partial charge in [0.1, 0.15) is 0 Å². The summed E-state index contributed by atoms with van der Waals surface area (Å²) >= 11 is 1.67. The van der Waals surface area contributed by atoms with Crippen molar-refractivity contribution in [2.75, 3.05) is 20.6 Å². The number of benzene rings is 1.